The van der Waals surface area contributed by atoms with Crippen molar-refractivity contribution in [3.05, 3.63) is 57.5 Å². The quantitative estimate of drug-likeness (QED) is 0.861. The molecule has 2 aromatic rings. The van der Waals surface area contributed by atoms with Crippen LogP contribution in [0.3, 0.4) is 0 Å². The van der Waals surface area contributed by atoms with Gasteiger partial charge in [0.2, 0.25) is 0 Å². The highest BCUT2D eigenvalue weighted by molar-refractivity contribution is 6.33. The monoisotopic (exact) mass is 333 g/mol. The Kier molecular flexibility index (Phi) is 4.98. The highest BCUT2D eigenvalue weighted by atomic mass is 35.5. The summed E-state index contributed by atoms with van der Waals surface area (Å²) in [5, 5.41) is 4.30. The van der Waals surface area contributed by atoms with Crippen LogP contribution in [0.5, 0.6) is 0 Å². The van der Waals surface area contributed by atoms with Gasteiger partial charge in [-0.25, -0.2) is 4.68 Å². The molecule has 122 valence electrons. The van der Waals surface area contributed by atoms with Crippen molar-refractivity contribution in [3.63, 3.8) is 0 Å². The van der Waals surface area contributed by atoms with Crippen molar-refractivity contribution in [1.29, 1.82) is 0 Å². The predicted octanol–water partition coefficient (Wildman–Crippen LogP) is 2.27. The average Bonchev–Trinajstić information content (AvgIpc) is 2.59. The summed E-state index contributed by atoms with van der Waals surface area (Å²) in [5.74, 6) is 0. The number of hydrogen-bond donors (Lipinski definition) is 0. The minimum atomic E-state index is -0.267. The number of benzene rings is 1. The molecule has 23 heavy (non-hydrogen) atoms. The summed E-state index contributed by atoms with van der Waals surface area (Å²) in [6.07, 6.45) is 3.70. The van der Waals surface area contributed by atoms with Gasteiger partial charge in [0, 0.05) is 20.1 Å². The van der Waals surface area contributed by atoms with Crippen LogP contribution >= 0.6 is 11.6 Å². The molecule has 1 fully saturated rings. The molecule has 1 aromatic heterocycles. The fourth-order valence-electron chi connectivity index (χ4n) is 2.81. The van der Waals surface area contributed by atoms with Crippen molar-refractivity contribution in [2.75, 3.05) is 24.6 Å². The van der Waals surface area contributed by atoms with Gasteiger partial charge in [-0.1, -0.05) is 41.9 Å². The van der Waals surface area contributed by atoms with Gasteiger partial charge < -0.3 is 9.64 Å². The Balaban J connectivity index is 1.67. The molecule has 1 aliphatic heterocycles. The Bertz CT molecular complexity index is 718. The Morgan fingerprint density at radius 1 is 1.35 bits per heavy atom. The van der Waals surface area contributed by atoms with E-state index in [4.69, 9.17) is 16.3 Å². The zero-order valence-electron chi connectivity index (χ0n) is 13.1. The van der Waals surface area contributed by atoms with E-state index in [1.54, 1.807) is 13.2 Å². The summed E-state index contributed by atoms with van der Waals surface area (Å²) in [6, 6.07) is 10.4. The summed E-state index contributed by atoms with van der Waals surface area (Å²) >= 11 is 6.20. The Labute approximate surface area is 140 Å². The number of halogens is 1. The van der Waals surface area contributed by atoms with Crippen LogP contribution in [-0.4, -0.2) is 35.6 Å². The molecular formula is C17H20ClN3O2. The van der Waals surface area contributed by atoms with E-state index in [1.165, 1.54) is 10.2 Å². The van der Waals surface area contributed by atoms with Gasteiger partial charge in [0.05, 0.1) is 24.6 Å². The molecule has 5 nitrogen and oxygen atoms in total. The van der Waals surface area contributed by atoms with E-state index in [-0.39, 0.29) is 16.7 Å². The van der Waals surface area contributed by atoms with Gasteiger partial charge in [0.15, 0.2) is 0 Å². The second kappa shape index (κ2) is 7.15. The number of rotatable bonds is 4. The lowest BCUT2D eigenvalue weighted by atomic mass is 10.1. The van der Waals surface area contributed by atoms with Crippen molar-refractivity contribution >= 4 is 17.3 Å². The molecule has 6 heteroatoms. The van der Waals surface area contributed by atoms with Crippen molar-refractivity contribution in [3.8, 4) is 0 Å². The molecule has 0 radical (unpaired) electrons. The molecule has 0 N–H and O–H groups in total. The van der Waals surface area contributed by atoms with Crippen molar-refractivity contribution < 1.29 is 4.74 Å². The first-order valence-corrected chi connectivity index (χ1v) is 8.15. The number of ether oxygens (including phenoxy) is 1. The van der Waals surface area contributed by atoms with Crippen molar-refractivity contribution in [1.82, 2.24) is 9.78 Å². The van der Waals surface area contributed by atoms with Gasteiger partial charge in [0.1, 0.15) is 5.02 Å². The van der Waals surface area contributed by atoms with Crippen LogP contribution in [0, 0.1) is 0 Å². The molecule has 1 atom stereocenters. The van der Waals surface area contributed by atoms with Crippen molar-refractivity contribution in [2.24, 2.45) is 7.05 Å². The van der Waals surface area contributed by atoms with Crippen LogP contribution in [-0.2, 0) is 18.2 Å². The van der Waals surface area contributed by atoms with Crippen LogP contribution in [0.4, 0.5) is 5.69 Å². The van der Waals surface area contributed by atoms with E-state index in [2.05, 4.69) is 34.3 Å². The third-order valence-corrected chi connectivity index (χ3v) is 4.49. The van der Waals surface area contributed by atoms with E-state index in [0.29, 0.717) is 12.3 Å². The molecule has 1 aliphatic rings. The highest BCUT2D eigenvalue weighted by Crippen LogP contribution is 2.24. The molecule has 3 rings (SSSR count). The average molecular weight is 334 g/mol. The summed E-state index contributed by atoms with van der Waals surface area (Å²) in [7, 11) is 1.60. The summed E-state index contributed by atoms with van der Waals surface area (Å²) in [5.41, 5.74) is 1.74. The third kappa shape index (κ3) is 3.74. The van der Waals surface area contributed by atoms with Gasteiger partial charge in [-0.2, -0.15) is 5.10 Å². The summed E-state index contributed by atoms with van der Waals surface area (Å²) in [6.45, 7) is 2.07. The highest BCUT2D eigenvalue weighted by Gasteiger charge is 2.23. The van der Waals surface area contributed by atoms with Gasteiger partial charge in [-0.3, -0.25) is 4.79 Å². The largest absolute Gasteiger partial charge is 0.375 e. The van der Waals surface area contributed by atoms with E-state index in [9.17, 15) is 4.79 Å². The normalized spacial score (nSPS) is 18.2. The van der Waals surface area contributed by atoms with Gasteiger partial charge in [-0.15, -0.1) is 0 Å². The summed E-state index contributed by atoms with van der Waals surface area (Å²) in [4.78, 5) is 14.0. The Morgan fingerprint density at radius 3 is 2.91 bits per heavy atom. The Hall–Kier alpha value is -1.85. The Morgan fingerprint density at radius 2 is 2.13 bits per heavy atom. The maximum absolute atomic E-state index is 11.9. The molecule has 0 aliphatic carbocycles. The fourth-order valence-corrected chi connectivity index (χ4v) is 3.10. The zero-order chi connectivity index (χ0) is 16.2. The van der Waals surface area contributed by atoms with E-state index in [0.717, 1.165) is 25.9 Å². The minimum Gasteiger partial charge on any atom is -0.375 e. The first-order valence-electron chi connectivity index (χ1n) is 7.77. The number of morpholine rings is 1. The van der Waals surface area contributed by atoms with Crippen LogP contribution in [0.1, 0.15) is 12.0 Å². The second-order valence-electron chi connectivity index (χ2n) is 5.74. The fraction of sp³-hybridized carbons (Fsp3) is 0.412. The molecule has 0 spiro atoms. The predicted molar refractivity (Wildman–Crippen MR) is 91.2 cm³/mol. The molecule has 0 unspecified atom stereocenters. The first-order chi connectivity index (χ1) is 11.1. The van der Waals surface area contributed by atoms with Crippen molar-refractivity contribution in [2.45, 2.75) is 18.9 Å². The zero-order valence-corrected chi connectivity index (χ0v) is 13.9. The lowest BCUT2D eigenvalue weighted by molar-refractivity contribution is 0.0354. The standard InChI is InChI=1S/C17H20ClN3O2/c1-20-17(22)16(18)15(11-19-20)21-9-10-23-14(12-21)8-7-13-5-3-2-4-6-13/h2-6,11,14H,7-10,12H2,1H3/t14-/m0/s1. The second-order valence-corrected chi connectivity index (χ2v) is 6.11. The van der Waals surface area contributed by atoms with Crippen LogP contribution in [0.2, 0.25) is 5.02 Å². The van der Waals surface area contributed by atoms with E-state index >= 15 is 0 Å². The summed E-state index contributed by atoms with van der Waals surface area (Å²) < 4.78 is 7.11. The molecule has 0 amide bonds. The third-order valence-electron chi connectivity index (χ3n) is 4.14. The SMILES string of the molecule is Cn1ncc(N2CCO[C@@H](CCc3ccccc3)C2)c(Cl)c1=O. The topological polar surface area (TPSA) is 47.4 Å². The number of aromatic nitrogens is 2. The maximum Gasteiger partial charge on any atom is 0.287 e. The van der Waals surface area contributed by atoms with E-state index in [1.807, 2.05) is 6.07 Å². The number of hydrogen-bond acceptors (Lipinski definition) is 4. The molecule has 0 bridgehead atoms. The number of nitrogens with zero attached hydrogens (tertiary/aromatic N) is 3. The maximum atomic E-state index is 11.9. The number of aryl methyl sites for hydroxylation is 2. The number of anilines is 1. The molecular weight excluding hydrogens is 314 g/mol. The van der Waals surface area contributed by atoms with Crippen LogP contribution in [0.15, 0.2) is 41.3 Å². The molecule has 2 heterocycles. The van der Waals surface area contributed by atoms with Crippen LogP contribution < -0.4 is 10.5 Å². The first kappa shape index (κ1) is 16.0. The molecule has 0 saturated carbocycles. The lowest BCUT2D eigenvalue weighted by Crippen LogP contribution is -2.43. The van der Waals surface area contributed by atoms with Gasteiger partial charge >= 0.3 is 0 Å². The van der Waals surface area contributed by atoms with Crippen LogP contribution in [0.25, 0.3) is 0 Å². The van der Waals surface area contributed by atoms with Gasteiger partial charge in [-0.05, 0) is 18.4 Å². The molecule has 1 aromatic carbocycles. The lowest BCUT2D eigenvalue weighted by Gasteiger charge is -2.34. The smallest absolute Gasteiger partial charge is 0.287 e. The minimum absolute atomic E-state index is 0.129. The van der Waals surface area contributed by atoms with E-state index < -0.39 is 0 Å². The molecule has 1 saturated heterocycles. The van der Waals surface area contributed by atoms with Gasteiger partial charge in [0.25, 0.3) is 5.56 Å².